The van der Waals surface area contributed by atoms with Crippen molar-refractivity contribution in [1.29, 1.82) is 0 Å². The van der Waals surface area contributed by atoms with Gasteiger partial charge in [0, 0.05) is 6.61 Å². The highest BCUT2D eigenvalue weighted by Crippen LogP contribution is 1.93. The van der Waals surface area contributed by atoms with Gasteiger partial charge < -0.3 is 9.47 Å². The third-order valence-corrected chi connectivity index (χ3v) is 0.993. The first-order valence-corrected chi connectivity index (χ1v) is 3.62. The van der Waals surface area contributed by atoms with E-state index in [2.05, 4.69) is 0 Å². The molecule has 1 atom stereocenters. The van der Waals surface area contributed by atoms with E-state index in [1.807, 2.05) is 6.92 Å². The summed E-state index contributed by atoms with van der Waals surface area (Å²) in [5, 5.41) is 9.93. The second-order valence-corrected chi connectivity index (χ2v) is 2.01. The number of ether oxygens (including phenoxy) is 2. The van der Waals surface area contributed by atoms with Crippen molar-refractivity contribution in [1.82, 2.24) is 0 Å². The molecule has 1 radical (unpaired) electrons. The lowest BCUT2D eigenvalue weighted by Gasteiger charge is -2.11. The van der Waals surface area contributed by atoms with Crippen LogP contribution in [0.15, 0.2) is 0 Å². The van der Waals surface area contributed by atoms with Gasteiger partial charge in [0.05, 0.1) is 6.61 Å². The number of hydrogen-bond acceptors (Lipinski definition) is 2. The molecule has 0 fully saturated rings. The Balaban J connectivity index is 3.00. The Labute approximate surface area is 62.0 Å². The Bertz CT molecular complexity index is 57.9. The van der Waals surface area contributed by atoms with Crippen LogP contribution in [0.3, 0.4) is 0 Å². The lowest BCUT2D eigenvalue weighted by atomic mass is 10.5. The predicted octanol–water partition coefficient (Wildman–Crippen LogP) is 1.21. The standard InChI is InChI=1S/C7H15O3/c1-3-5-9-7(2)10-6-4-8/h7H,3-6H2,1-2H3. The van der Waals surface area contributed by atoms with E-state index in [1.54, 1.807) is 6.92 Å². The summed E-state index contributed by atoms with van der Waals surface area (Å²) in [7, 11) is 0. The second-order valence-electron chi connectivity index (χ2n) is 2.01. The minimum atomic E-state index is -0.228. The largest absolute Gasteiger partial charge is 0.353 e. The van der Waals surface area contributed by atoms with Gasteiger partial charge in [-0.15, -0.1) is 0 Å². The molecule has 0 aliphatic heterocycles. The molecule has 61 valence electrons. The zero-order valence-electron chi connectivity index (χ0n) is 6.63. The first-order chi connectivity index (χ1) is 4.81. The highest BCUT2D eigenvalue weighted by atomic mass is 16.7. The van der Waals surface area contributed by atoms with E-state index in [4.69, 9.17) is 9.47 Å². The summed E-state index contributed by atoms with van der Waals surface area (Å²) in [5.74, 6) is 0. The Morgan fingerprint density at radius 2 is 1.90 bits per heavy atom. The molecule has 0 aromatic heterocycles. The molecule has 0 heterocycles. The molecule has 10 heavy (non-hydrogen) atoms. The van der Waals surface area contributed by atoms with Crippen LogP contribution >= 0.6 is 0 Å². The molecule has 0 bridgehead atoms. The van der Waals surface area contributed by atoms with Crippen LogP contribution in [-0.2, 0) is 14.6 Å². The molecular formula is C7H15O3. The summed E-state index contributed by atoms with van der Waals surface area (Å²) < 4.78 is 10.1. The third-order valence-electron chi connectivity index (χ3n) is 0.993. The van der Waals surface area contributed by atoms with E-state index < -0.39 is 0 Å². The van der Waals surface area contributed by atoms with Gasteiger partial charge in [0.25, 0.3) is 0 Å². The van der Waals surface area contributed by atoms with E-state index in [9.17, 15) is 5.11 Å². The maximum Gasteiger partial charge on any atom is 0.154 e. The van der Waals surface area contributed by atoms with Crippen molar-refractivity contribution in [2.24, 2.45) is 0 Å². The highest BCUT2D eigenvalue weighted by molar-refractivity contribution is 4.32. The summed E-state index contributed by atoms with van der Waals surface area (Å²) >= 11 is 0. The Morgan fingerprint density at radius 1 is 1.30 bits per heavy atom. The molecule has 0 N–H and O–H groups in total. The van der Waals surface area contributed by atoms with Gasteiger partial charge in [-0.1, -0.05) is 6.92 Å². The van der Waals surface area contributed by atoms with Crippen LogP contribution in [0.1, 0.15) is 20.3 Å². The molecule has 0 aromatic rings. The molecular weight excluding hydrogens is 132 g/mol. The zero-order chi connectivity index (χ0) is 7.82. The fourth-order valence-electron chi connectivity index (χ4n) is 0.546. The van der Waals surface area contributed by atoms with Crippen LogP contribution in [-0.4, -0.2) is 26.1 Å². The Hall–Kier alpha value is -0.120. The molecule has 1 unspecified atom stereocenters. The molecule has 0 aliphatic carbocycles. The summed E-state index contributed by atoms with van der Waals surface area (Å²) in [6.07, 6.45) is 0.749. The van der Waals surface area contributed by atoms with Gasteiger partial charge in [-0.25, -0.2) is 5.11 Å². The maximum atomic E-state index is 9.93. The maximum absolute atomic E-state index is 9.93. The van der Waals surface area contributed by atoms with Crippen LogP contribution < -0.4 is 0 Å². The van der Waals surface area contributed by atoms with Gasteiger partial charge in [-0.3, -0.25) is 0 Å². The first kappa shape index (κ1) is 9.88. The minimum Gasteiger partial charge on any atom is -0.353 e. The molecule has 0 saturated heterocycles. The summed E-state index contributed by atoms with van der Waals surface area (Å²) in [4.78, 5) is 0. The summed E-state index contributed by atoms with van der Waals surface area (Å²) in [5.41, 5.74) is 0. The summed E-state index contributed by atoms with van der Waals surface area (Å²) in [6, 6.07) is 0. The Kier molecular flexibility index (Phi) is 6.91. The van der Waals surface area contributed by atoms with Gasteiger partial charge in [-0.2, -0.15) is 0 Å². The van der Waals surface area contributed by atoms with Gasteiger partial charge in [0.2, 0.25) is 0 Å². The lowest BCUT2D eigenvalue weighted by Crippen LogP contribution is -2.15. The van der Waals surface area contributed by atoms with Crippen LogP contribution in [0.4, 0.5) is 0 Å². The molecule has 0 spiro atoms. The molecule has 0 rings (SSSR count). The van der Waals surface area contributed by atoms with Crippen LogP contribution in [0.5, 0.6) is 0 Å². The zero-order valence-corrected chi connectivity index (χ0v) is 6.63. The van der Waals surface area contributed by atoms with Gasteiger partial charge in [-0.05, 0) is 13.3 Å². The average molecular weight is 147 g/mol. The lowest BCUT2D eigenvalue weighted by molar-refractivity contribution is -0.138. The van der Waals surface area contributed by atoms with E-state index in [0.29, 0.717) is 6.61 Å². The van der Waals surface area contributed by atoms with E-state index in [-0.39, 0.29) is 19.5 Å². The van der Waals surface area contributed by atoms with Crippen LogP contribution in [0.25, 0.3) is 0 Å². The van der Waals surface area contributed by atoms with Crippen molar-refractivity contribution in [3.63, 3.8) is 0 Å². The first-order valence-electron chi connectivity index (χ1n) is 3.62. The topological polar surface area (TPSA) is 38.4 Å². The molecule has 0 aliphatic rings. The van der Waals surface area contributed by atoms with Crippen molar-refractivity contribution in [2.75, 3.05) is 19.8 Å². The fraction of sp³-hybridized carbons (Fsp3) is 1.00. The van der Waals surface area contributed by atoms with Crippen molar-refractivity contribution in [2.45, 2.75) is 26.6 Å². The smallest absolute Gasteiger partial charge is 0.154 e. The van der Waals surface area contributed by atoms with Gasteiger partial charge in [0.15, 0.2) is 6.29 Å². The molecule has 0 amide bonds. The van der Waals surface area contributed by atoms with Crippen molar-refractivity contribution in [3.05, 3.63) is 0 Å². The van der Waals surface area contributed by atoms with Gasteiger partial charge >= 0.3 is 0 Å². The van der Waals surface area contributed by atoms with E-state index in [1.165, 1.54) is 0 Å². The van der Waals surface area contributed by atoms with Crippen LogP contribution in [0.2, 0.25) is 0 Å². The molecule has 0 aromatic carbocycles. The molecule has 0 saturated carbocycles. The number of hydrogen-bond donors (Lipinski definition) is 0. The Morgan fingerprint density at radius 3 is 2.40 bits per heavy atom. The fourth-order valence-corrected chi connectivity index (χ4v) is 0.546. The minimum absolute atomic E-state index is 0.195. The van der Waals surface area contributed by atoms with Gasteiger partial charge in [0.1, 0.15) is 6.61 Å². The third kappa shape index (κ3) is 6.01. The monoisotopic (exact) mass is 147 g/mol. The highest BCUT2D eigenvalue weighted by Gasteiger charge is 1.98. The average Bonchev–Trinajstić information content (AvgIpc) is 1.97. The van der Waals surface area contributed by atoms with E-state index >= 15 is 0 Å². The van der Waals surface area contributed by atoms with Crippen LogP contribution in [0, 0.1) is 0 Å². The molecule has 3 nitrogen and oxygen atoms in total. The normalized spacial score (nSPS) is 13.5. The summed E-state index contributed by atoms with van der Waals surface area (Å²) in [6.45, 7) is 4.57. The molecule has 3 heteroatoms. The predicted molar refractivity (Wildman–Crippen MR) is 37.2 cm³/mol. The SMILES string of the molecule is CCCOC(C)OCC[O]. The van der Waals surface area contributed by atoms with Crippen molar-refractivity contribution in [3.8, 4) is 0 Å². The van der Waals surface area contributed by atoms with Crippen molar-refractivity contribution < 1.29 is 14.6 Å². The van der Waals surface area contributed by atoms with Crippen molar-refractivity contribution >= 4 is 0 Å². The van der Waals surface area contributed by atoms with E-state index in [0.717, 1.165) is 6.42 Å². The second kappa shape index (κ2) is 6.99. The number of rotatable bonds is 6. The quantitative estimate of drug-likeness (QED) is 0.529.